The molecule has 0 bridgehead atoms. The molecule has 0 aromatic heterocycles. The fraction of sp³-hybridized carbons (Fsp3) is 0.714. The lowest BCUT2D eigenvalue weighted by atomic mass is 9.78. The maximum Gasteiger partial charge on any atom is 0.353 e. The molecule has 4 atom stereocenters. The van der Waals surface area contributed by atoms with Crippen molar-refractivity contribution in [2.24, 2.45) is 11.8 Å². The minimum Gasteiger partial charge on any atom is -0.477 e. The van der Waals surface area contributed by atoms with Gasteiger partial charge in [0.2, 0.25) is 5.91 Å². The highest BCUT2D eigenvalue weighted by atomic mass is 32.2. The van der Waals surface area contributed by atoms with Gasteiger partial charge in [0.25, 0.3) is 0 Å². The van der Waals surface area contributed by atoms with Crippen molar-refractivity contribution in [3.63, 3.8) is 0 Å². The molecule has 0 spiro atoms. The van der Waals surface area contributed by atoms with Crippen LogP contribution in [0.5, 0.6) is 0 Å². The van der Waals surface area contributed by atoms with Gasteiger partial charge in [0.15, 0.2) is 8.32 Å². The van der Waals surface area contributed by atoms with E-state index in [1.165, 1.54) is 4.90 Å². The van der Waals surface area contributed by atoms with Crippen LogP contribution in [0.1, 0.15) is 13.3 Å². The van der Waals surface area contributed by atoms with Crippen molar-refractivity contribution in [1.82, 2.24) is 4.90 Å². The predicted octanol–water partition coefficient (Wildman–Crippen LogP) is 2.12. The van der Waals surface area contributed by atoms with Gasteiger partial charge in [-0.05, 0) is 38.7 Å². The van der Waals surface area contributed by atoms with Crippen molar-refractivity contribution in [2.75, 3.05) is 5.75 Å². The SMILES string of the molecule is C[C@@H](O[Si](C)(C)C)[C@H]1C(=O)N2C(C(=O)O)=C3SCC[C@@H]3[C@H]12. The number of carbonyl (C=O) groups excluding carboxylic acids is 1. The molecule has 0 saturated carbocycles. The lowest BCUT2D eigenvalue weighted by molar-refractivity contribution is -0.162. The summed E-state index contributed by atoms with van der Waals surface area (Å²) < 4.78 is 6.08. The number of β-lactam (4-membered cyclic amide) rings is 1. The Hall–Kier alpha value is -0.793. The van der Waals surface area contributed by atoms with Gasteiger partial charge in [0, 0.05) is 10.8 Å². The number of aliphatic carboxylic acids is 1. The van der Waals surface area contributed by atoms with Crippen LogP contribution in [0.3, 0.4) is 0 Å². The lowest BCUT2D eigenvalue weighted by Crippen LogP contribution is -2.64. The van der Waals surface area contributed by atoms with Crippen LogP contribution in [0.4, 0.5) is 0 Å². The fourth-order valence-corrected chi connectivity index (χ4v) is 6.41. The second kappa shape index (κ2) is 4.86. The average Bonchev–Trinajstić information content (AvgIpc) is 2.84. The standard InChI is InChI=1S/C14H21NO4SSi/c1-7(19-21(2,3)4)9-10-8-5-6-20-12(8)11(14(17)18)15(10)13(9)16/h7-10H,5-6H2,1-4H3,(H,17,18)/t7-,8-,9-,10-/m1/s1. The minimum absolute atomic E-state index is 0.0000463. The van der Waals surface area contributed by atoms with E-state index >= 15 is 0 Å². The van der Waals surface area contributed by atoms with E-state index in [0.717, 1.165) is 17.1 Å². The van der Waals surface area contributed by atoms with Gasteiger partial charge in [0.1, 0.15) is 5.70 Å². The van der Waals surface area contributed by atoms with E-state index in [1.807, 2.05) is 6.92 Å². The van der Waals surface area contributed by atoms with E-state index < -0.39 is 14.3 Å². The first kappa shape index (κ1) is 15.1. The summed E-state index contributed by atoms with van der Waals surface area (Å²) in [5.41, 5.74) is 0.231. The van der Waals surface area contributed by atoms with Gasteiger partial charge in [-0.1, -0.05) is 0 Å². The molecule has 0 aromatic rings. The van der Waals surface area contributed by atoms with E-state index in [0.29, 0.717) is 0 Å². The molecule has 0 aliphatic carbocycles. The van der Waals surface area contributed by atoms with Gasteiger partial charge in [-0.15, -0.1) is 11.8 Å². The van der Waals surface area contributed by atoms with Crippen LogP contribution < -0.4 is 0 Å². The quantitative estimate of drug-likeness (QED) is 0.633. The van der Waals surface area contributed by atoms with Gasteiger partial charge in [-0.2, -0.15) is 0 Å². The van der Waals surface area contributed by atoms with E-state index in [4.69, 9.17) is 4.43 Å². The highest BCUT2D eigenvalue weighted by Gasteiger charge is 2.62. The topological polar surface area (TPSA) is 66.8 Å². The summed E-state index contributed by atoms with van der Waals surface area (Å²) in [5.74, 6) is -0.0856. The Bertz CT molecular complexity index is 542. The molecule has 1 amide bonds. The van der Waals surface area contributed by atoms with Crippen LogP contribution >= 0.6 is 11.8 Å². The molecule has 3 aliphatic heterocycles. The van der Waals surface area contributed by atoms with Crippen molar-refractivity contribution in [3.8, 4) is 0 Å². The first-order valence-corrected chi connectivity index (χ1v) is 11.7. The largest absolute Gasteiger partial charge is 0.477 e. The maximum absolute atomic E-state index is 12.5. The monoisotopic (exact) mass is 327 g/mol. The molecule has 1 N–H and O–H groups in total. The van der Waals surface area contributed by atoms with E-state index in [1.54, 1.807) is 11.8 Å². The highest BCUT2D eigenvalue weighted by molar-refractivity contribution is 8.03. The van der Waals surface area contributed by atoms with Crippen molar-refractivity contribution in [1.29, 1.82) is 0 Å². The zero-order valence-electron chi connectivity index (χ0n) is 12.8. The molecule has 2 saturated heterocycles. The number of amides is 1. The normalized spacial score (nSPS) is 32.9. The van der Waals surface area contributed by atoms with Crippen LogP contribution in [-0.4, -0.2) is 48.1 Å². The van der Waals surface area contributed by atoms with E-state index in [2.05, 4.69) is 19.6 Å². The summed E-state index contributed by atoms with van der Waals surface area (Å²) in [6.07, 6.45) is 0.826. The summed E-state index contributed by atoms with van der Waals surface area (Å²) in [5, 5.41) is 9.42. The molecule has 3 aliphatic rings. The van der Waals surface area contributed by atoms with Gasteiger partial charge >= 0.3 is 5.97 Å². The van der Waals surface area contributed by atoms with Crippen molar-refractivity contribution in [3.05, 3.63) is 10.6 Å². The third kappa shape index (κ3) is 2.26. The molecule has 3 rings (SSSR count). The Morgan fingerprint density at radius 2 is 2.14 bits per heavy atom. The van der Waals surface area contributed by atoms with Gasteiger partial charge < -0.3 is 14.4 Å². The summed E-state index contributed by atoms with van der Waals surface area (Å²) in [7, 11) is -1.72. The van der Waals surface area contributed by atoms with Crippen LogP contribution in [0, 0.1) is 11.8 Å². The first-order valence-electron chi connectivity index (χ1n) is 7.33. The molecular weight excluding hydrogens is 306 g/mol. The van der Waals surface area contributed by atoms with Gasteiger partial charge in [-0.3, -0.25) is 4.79 Å². The number of fused-ring (bicyclic) bond motifs is 3. The Kier molecular flexibility index (Phi) is 3.50. The fourth-order valence-electron chi connectivity index (χ4n) is 3.76. The Morgan fingerprint density at radius 1 is 1.48 bits per heavy atom. The Morgan fingerprint density at radius 3 is 2.71 bits per heavy atom. The average molecular weight is 327 g/mol. The number of carboxylic acids is 1. The molecule has 0 unspecified atom stereocenters. The Balaban J connectivity index is 1.85. The van der Waals surface area contributed by atoms with Crippen LogP contribution in [0.25, 0.3) is 0 Å². The van der Waals surface area contributed by atoms with Crippen LogP contribution in [-0.2, 0) is 14.0 Å². The maximum atomic E-state index is 12.5. The predicted molar refractivity (Wildman–Crippen MR) is 83.2 cm³/mol. The molecule has 2 fully saturated rings. The number of carboxylic acid groups (broad SMARTS) is 1. The molecule has 5 nitrogen and oxygen atoms in total. The van der Waals surface area contributed by atoms with Crippen LogP contribution in [0.15, 0.2) is 10.6 Å². The number of nitrogens with zero attached hydrogens (tertiary/aromatic N) is 1. The third-order valence-electron chi connectivity index (χ3n) is 4.35. The number of thioether (sulfide) groups is 1. The molecule has 116 valence electrons. The van der Waals surface area contributed by atoms with Crippen LogP contribution in [0.2, 0.25) is 19.6 Å². The number of hydrogen-bond acceptors (Lipinski definition) is 4. The summed E-state index contributed by atoms with van der Waals surface area (Å²) >= 11 is 1.60. The zero-order valence-corrected chi connectivity index (χ0v) is 14.6. The lowest BCUT2D eigenvalue weighted by Gasteiger charge is -2.48. The third-order valence-corrected chi connectivity index (χ3v) is 6.67. The molecule has 3 heterocycles. The second-order valence-electron chi connectivity index (χ2n) is 6.92. The number of hydrogen-bond donors (Lipinski definition) is 1. The molecule has 7 heteroatoms. The molecular formula is C14H21NO4SSi. The van der Waals surface area contributed by atoms with Crippen molar-refractivity contribution < 1.29 is 19.1 Å². The van der Waals surface area contributed by atoms with Gasteiger partial charge in [-0.25, -0.2) is 4.79 Å². The zero-order chi connectivity index (χ0) is 15.5. The smallest absolute Gasteiger partial charge is 0.353 e. The van der Waals surface area contributed by atoms with Crippen molar-refractivity contribution >= 4 is 32.0 Å². The van der Waals surface area contributed by atoms with E-state index in [-0.39, 0.29) is 35.6 Å². The Labute approximate surface area is 129 Å². The van der Waals surface area contributed by atoms with Gasteiger partial charge in [0.05, 0.1) is 18.1 Å². The summed E-state index contributed by atoms with van der Waals surface area (Å²) in [4.78, 5) is 26.4. The number of rotatable bonds is 4. The minimum atomic E-state index is -1.72. The van der Waals surface area contributed by atoms with Crippen molar-refractivity contribution in [2.45, 2.75) is 45.1 Å². The molecule has 21 heavy (non-hydrogen) atoms. The van der Waals surface area contributed by atoms with E-state index in [9.17, 15) is 14.7 Å². The second-order valence-corrected chi connectivity index (χ2v) is 12.5. The highest BCUT2D eigenvalue weighted by Crippen LogP contribution is 2.55. The summed E-state index contributed by atoms with van der Waals surface area (Å²) in [6.45, 7) is 8.28. The number of carbonyl (C=O) groups is 2. The summed E-state index contributed by atoms with van der Waals surface area (Å²) in [6, 6.07) is -0.0000463. The molecule has 0 aromatic carbocycles. The molecule has 0 radical (unpaired) electrons. The first-order chi connectivity index (χ1) is 9.72.